The van der Waals surface area contributed by atoms with Crippen LogP contribution in [0.5, 0.6) is 0 Å². The van der Waals surface area contributed by atoms with E-state index in [0.717, 1.165) is 22.8 Å². The first-order valence-electron chi connectivity index (χ1n) is 13.6. The molecule has 3 amide bonds. The molecule has 1 heterocycles. The molecule has 0 fully saturated rings. The number of hydrogen-bond donors (Lipinski definition) is 1. The Labute approximate surface area is 233 Å². The number of nitrogens with zero attached hydrogens (tertiary/aromatic N) is 2. The third-order valence-electron chi connectivity index (χ3n) is 7.48. The lowest BCUT2D eigenvalue weighted by Crippen LogP contribution is -2.54. The van der Waals surface area contributed by atoms with Gasteiger partial charge in [-0.05, 0) is 54.1 Å². The summed E-state index contributed by atoms with van der Waals surface area (Å²) >= 11 is 0. The number of nitrogens with one attached hydrogen (secondary N) is 1. The normalized spacial score (nSPS) is 13.8. The molecule has 0 radical (unpaired) electrons. The summed E-state index contributed by atoms with van der Waals surface area (Å²) in [5, 5.41) is 4.79. The van der Waals surface area contributed by atoms with E-state index < -0.39 is 6.04 Å². The van der Waals surface area contributed by atoms with Gasteiger partial charge in [-0.25, -0.2) is 4.39 Å². The van der Waals surface area contributed by atoms with Gasteiger partial charge in [-0.3, -0.25) is 19.3 Å². The SMILES string of the molecule is CC[C@@H](C)NC(=O)[C@H](Cc1ccccc1)N(Cc1ccc(F)cc1)C(=O)CN1C(=O)c2cccc3cccc1c23. The molecular formula is C33H32FN3O3. The van der Waals surface area contributed by atoms with Crippen LogP contribution in [0.25, 0.3) is 10.8 Å². The van der Waals surface area contributed by atoms with Gasteiger partial charge in [0, 0.05) is 30.0 Å². The Hall–Kier alpha value is -4.52. The Morgan fingerprint density at radius 1 is 0.900 bits per heavy atom. The highest BCUT2D eigenvalue weighted by Gasteiger charge is 2.36. The zero-order valence-electron chi connectivity index (χ0n) is 22.6. The lowest BCUT2D eigenvalue weighted by molar-refractivity contribution is -0.140. The molecule has 6 nitrogen and oxygen atoms in total. The summed E-state index contributed by atoms with van der Waals surface area (Å²) in [7, 11) is 0. The minimum absolute atomic E-state index is 0.0826. The molecule has 0 aliphatic carbocycles. The van der Waals surface area contributed by atoms with Gasteiger partial charge >= 0.3 is 0 Å². The van der Waals surface area contributed by atoms with Crippen LogP contribution in [-0.2, 0) is 22.6 Å². The molecule has 1 N–H and O–H groups in total. The zero-order chi connectivity index (χ0) is 28.2. The summed E-state index contributed by atoms with van der Waals surface area (Å²) in [6, 6.07) is 25.7. The Morgan fingerprint density at radius 2 is 1.60 bits per heavy atom. The number of carbonyl (C=O) groups excluding carboxylic acids is 3. The van der Waals surface area contributed by atoms with Gasteiger partial charge in [0.15, 0.2) is 0 Å². The summed E-state index contributed by atoms with van der Waals surface area (Å²) in [6.45, 7) is 3.76. The van der Waals surface area contributed by atoms with E-state index in [0.29, 0.717) is 23.2 Å². The van der Waals surface area contributed by atoms with Crippen LogP contribution in [0.3, 0.4) is 0 Å². The topological polar surface area (TPSA) is 69.7 Å². The minimum Gasteiger partial charge on any atom is -0.352 e. The van der Waals surface area contributed by atoms with Crippen molar-refractivity contribution in [2.75, 3.05) is 11.4 Å². The van der Waals surface area contributed by atoms with Gasteiger partial charge in [0.25, 0.3) is 5.91 Å². The van der Waals surface area contributed by atoms with Crippen LogP contribution in [0.2, 0.25) is 0 Å². The first-order chi connectivity index (χ1) is 19.4. The van der Waals surface area contributed by atoms with E-state index in [2.05, 4.69) is 5.32 Å². The number of rotatable bonds is 10. The molecule has 2 atom stereocenters. The summed E-state index contributed by atoms with van der Waals surface area (Å²) in [4.78, 5) is 44.3. The van der Waals surface area contributed by atoms with Crippen LogP contribution in [0.4, 0.5) is 10.1 Å². The van der Waals surface area contributed by atoms with Crippen LogP contribution in [-0.4, -0.2) is 41.2 Å². The summed E-state index contributed by atoms with van der Waals surface area (Å²) in [6.07, 6.45) is 1.03. The number of benzene rings is 4. The van der Waals surface area contributed by atoms with Crippen molar-refractivity contribution in [2.24, 2.45) is 0 Å². The summed E-state index contributed by atoms with van der Waals surface area (Å²) in [5.41, 5.74) is 2.82. The Bertz CT molecular complexity index is 1530. The van der Waals surface area contributed by atoms with E-state index in [9.17, 15) is 18.8 Å². The molecule has 5 rings (SSSR count). The molecule has 7 heteroatoms. The third kappa shape index (κ3) is 5.59. The average Bonchev–Trinajstić information content (AvgIpc) is 3.24. The Morgan fingerprint density at radius 3 is 2.30 bits per heavy atom. The van der Waals surface area contributed by atoms with E-state index in [1.807, 2.05) is 74.5 Å². The standard InChI is InChI=1S/C33H32FN3O3/c1-3-22(2)35-32(39)29(19-23-9-5-4-6-10-23)36(20-24-15-17-26(34)18-16-24)30(38)21-37-28-14-8-12-25-11-7-13-27(31(25)28)33(37)40/h4-18,22,29H,3,19-21H2,1-2H3,(H,35,39)/t22-,29+/m1/s1. The van der Waals surface area contributed by atoms with Crippen molar-refractivity contribution in [1.29, 1.82) is 0 Å². The van der Waals surface area contributed by atoms with E-state index in [4.69, 9.17) is 0 Å². The van der Waals surface area contributed by atoms with Gasteiger partial charge in [-0.2, -0.15) is 0 Å². The van der Waals surface area contributed by atoms with Gasteiger partial charge in [0.1, 0.15) is 18.4 Å². The van der Waals surface area contributed by atoms with Crippen LogP contribution in [0.15, 0.2) is 91.0 Å². The largest absolute Gasteiger partial charge is 0.352 e. The maximum Gasteiger partial charge on any atom is 0.259 e. The smallest absolute Gasteiger partial charge is 0.259 e. The second-order valence-corrected chi connectivity index (χ2v) is 10.2. The van der Waals surface area contributed by atoms with Crippen LogP contribution in [0.1, 0.15) is 41.8 Å². The zero-order valence-corrected chi connectivity index (χ0v) is 22.6. The highest BCUT2D eigenvalue weighted by Crippen LogP contribution is 2.37. The highest BCUT2D eigenvalue weighted by atomic mass is 19.1. The van der Waals surface area contributed by atoms with Crippen molar-refractivity contribution in [1.82, 2.24) is 10.2 Å². The van der Waals surface area contributed by atoms with Crippen molar-refractivity contribution in [3.05, 3.63) is 114 Å². The predicted octanol–water partition coefficient (Wildman–Crippen LogP) is 5.49. The van der Waals surface area contributed by atoms with Gasteiger partial charge in [0.2, 0.25) is 11.8 Å². The maximum absolute atomic E-state index is 14.2. The van der Waals surface area contributed by atoms with Crippen molar-refractivity contribution in [2.45, 2.75) is 45.3 Å². The van der Waals surface area contributed by atoms with Crippen molar-refractivity contribution in [3.8, 4) is 0 Å². The summed E-state index contributed by atoms with van der Waals surface area (Å²) in [5.74, 6) is -1.27. The molecule has 1 aliphatic heterocycles. The lowest BCUT2D eigenvalue weighted by Gasteiger charge is -2.33. The fraction of sp³-hybridized carbons (Fsp3) is 0.242. The quantitative estimate of drug-likeness (QED) is 0.291. The number of amides is 3. The molecule has 1 aliphatic rings. The molecular weight excluding hydrogens is 505 g/mol. The molecule has 40 heavy (non-hydrogen) atoms. The predicted molar refractivity (Wildman–Crippen MR) is 154 cm³/mol. The molecule has 0 saturated heterocycles. The minimum atomic E-state index is -0.843. The van der Waals surface area contributed by atoms with Gasteiger partial charge in [0.05, 0.1) is 5.69 Å². The maximum atomic E-state index is 14.2. The highest BCUT2D eigenvalue weighted by molar-refractivity contribution is 6.26. The number of halogens is 1. The van der Waals surface area contributed by atoms with Crippen LogP contribution < -0.4 is 10.2 Å². The molecule has 0 bridgehead atoms. The van der Waals surface area contributed by atoms with Gasteiger partial charge in [-0.1, -0.05) is 73.7 Å². The van der Waals surface area contributed by atoms with Gasteiger partial charge in [-0.15, -0.1) is 0 Å². The van der Waals surface area contributed by atoms with E-state index in [1.165, 1.54) is 21.9 Å². The van der Waals surface area contributed by atoms with Gasteiger partial charge < -0.3 is 10.2 Å². The van der Waals surface area contributed by atoms with E-state index in [1.54, 1.807) is 18.2 Å². The van der Waals surface area contributed by atoms with Crippen LogP contribution >= 0.6 is 0 Å². The molecule has 4 aromatic rings. The molecule has 0 aromatic heterocycles. The monoisotopic (exact) mass is 537 g/mol. The Kier molecular flexibility index (Phi) is 7.91. The molecule has 0 spiro atoms. The van der Waals surface area contributed by atoms with Crippen molar-refractivity contribution < 1.29 is 18.8 Å². The second kappa shape index (κ2) is 11.7. The molecule has 4 aromatic carbocycles. The molecule has 0 saturated carbocycles. The van der Waals surface area contributed by atoms with E-state index >= 15 is 0 Å². The first-order valence-corrected chi connectivity index (χ1v) is 13.6. The number of carbonyl (C=O) groups is 3. The van der Waals surface area contributed by atoms with Crippen molar-refractivity contribution >= 4 is 34.2 Å². The summed E-state index contributed by atoms with van der Waals surface area (Å²) < 4.78 is 13.7. The average molecular weight is 538 g/mol. The fourth-order valence-electron chi connectivity index (χ4n) is 5.14. The van der Waals surface area contributed by atoms with E-state index in [-0.39, 0.29) is 42.7 Å². The second-order valence-electron chi connectivity index (χ2n) is 10.2. The molecule has 204 valence electrons. The fourth-order valence-corrected chi connectivity index (χ4v) is 5.14. The number of hydrogen-bond acceptors (Lipinski definition) is 3. The van der Waals surface area contributed by atoms with Crippen LogP contribution in [0, 0.1) is 5.82 Å². The third-order valence-corrected chi connectivity index (χ3v) is 7.48. The first kappa shape index (κ1) is 27.1. The number of anilines is 1. The molecule has 0 unspecified atom stereocenters. The Balaban J connectivity index is 1.51. The van der Waals surface area contributed by atoms with Crippen molar-refractivity contribution in [3.63, 3.8) is 0 Å². The lowest BCUT2D eigenvalue weighted by atomic mass is 10.0.